The van der Waals surface area contributed by atoms with Crippen molar-refractivity contribution in [2.24, 2.45) is 0 Å². The van der Waals surface area contributed by atoms with Gasteiger partial charge in [-0.25, -0.2) is 8.42 Å². The number of sulfonamides is 1. The molecule has 2 rings (SSSR count). The van der Waals surface area contributed by atoms with E-state index < -0.39 is 16.6 Å². The highest BCUT2D eigenvalue weighted by molar-refractivity contribution is 7.92. The molecule has 0 aromatic heterocycles. The monoisotopic (exact) mass is 411 g/mol. The van der Waals surface area contributed by atoms with E-state index in [1.54, 1.807) is 6.92 Å². The van der Waals surface area contributed by atoms with Gasteiger partial charge in [-0.05, 0) is 55.0 Å². The molecule has 0 atom stereocenters. The number of ketones is 1. The van der Waals surface area contributed by atoms with E-state index in [-0.39, 0.29) is 23.9 Å². The molecular formula is C19H19F2NO5S. The van der Waals surface area contributed by atoms with Crippen LogP contribution in [0.3, 0.4) is 0 Å². The first-order chi connectivity index (χ1) is 13.2. The lowest BCUT2D eigenvalue weighted by atomic mass is 10.1. The van der Waals surface area contributed by atoms with Crippen molar-refractivity contribution in [3.05, 3.63) is 59.7 Å². The van der Waals surface area contributed by atoms with Crippen LogP contribution >= 0.6 is 0 Å². The fraction of sp³-hybridized carbons (Fsp3) is 0.211. The van der Waals surface area contributed by atoms with Gasteiger partial charge in [-0.3, -0.25) is 9.52 Å². The second-order valence-electron chi connectivity index (χ2n) is 5.67. The third kappa shape index (κ3) is 6.66. The molecule has 0 spiro atoms. The summed E-state index contributed by atoms with van der Waals surface area (Å²) in [6.07, 6.45) is 3.86. The molecule has 1 N–H and O–H groups in total. The zero-order valence-corrected chi connectivity index (χ0v) is 16.0. The van der Waals surface area contributed by atoms with Gasteiger partial charge in [0.05, 0.1) is 12.9 Å². The number of hydrogen-bond acceptors (Lipinski definition) is 5. The smallest absolute Gasteiger partial charge is 0.387 e. The van der Waals surface area contributed by atoms with Crippen molar-refractivity contribution in [1.82, 2.24) is 0 Å². The van der Waals surface area contributed by atoms with Crippen molar-refractivity contribution in [2.45, 2.75) is 13.5 Å². The molecule has 6 nitrogen and oxygen atoms in total. The van der Waals surface area contributed by atoms with Gasteiger partial charge in [-0.2, -0.15) is 8.78 Å². The van der Waals surface area contributed by atoms with Gasteiger partial charge < -0.3 is 9.47 Å². The fourth-order valence-corrected chi connectivity index (χ4v) is 2.84. The van der Waals surface area contributed by atoms with E-state index in [9.17, 15) is 22.0 Å². The van der Waals surface area contributed by atoms with Crippen LogP contribution in [0.1, 0.15) is 22.8 Å². The molecule has 2 aromatic carbocycles. The van der Waals surface area contributed by atoms with Gasteiger partial charge in [0, 0.05) is 11.3 Å². The Labute approximate surface area is 161 Å². The third-order valence-corrected chi connectivity index (χ3v) is 3.99. The van der Waals surface area contributed by atoms with Gasteiger partial charge in [0.25, 0.3) is 0 Å². The van der Waals surface area contributed by atoms with Gasteiger partial charge in [-0.15, -0.1) is 0 Å². The lowest BCUT2D eigenvalue weighted by molar-refractivity contribution is -0.0514. The number of benzene rings is 2. The van der Waals surface area contributed by atoms with Crippen LogP contribution < -0.4 is 14.2 Å². The molecule has 0 bridgehead atoms. The van der Waals surface area contributed by atoms with Gasteiger partial charge in [-0.1, -0.05) is 12.1 Å². The molecule has 150 valence electrons. The Kier molecular flexibility index (Phi) is 7.11. The molecule has 0 heterocycles. The molecule has 0 aliphatic rings. The summed E-state index contributed by atoms with van der Waals surface area (Å²) in [4.78, 5) is 12.3. The zero-order chi connectivity index (χ0) is 20.7. The standard InChI is InChI=1S/C19H19F2NO5S/c1-3-26-18-12-13(5-11-17(18)27-19(20)21)4-10-16(23)14-6-8-15(9-7-14)22-28(2,24)25/h4-12,19,22H,3H2,1-2H3/b10-4+. The molecule has 0 amide bonds. The highest BCUT2D eigenvalue weighted by atomic mass is 32.2. The lowest BCUT2D eigenvalue weighted by Gasteiger charge is -2.11. The molecule has 28 heavy (non-hydrogen) atoms. The molecule has 0 fully saturated rings. The Morgan fingerprint density at radius 1 is 1.14 bits per heavy atom. The second-order valence-corrected chi connectivity index (χ2v) is 7.42. The Bertz CT molecular complexity index is 957. The summed E-state index contributed by atoms with van der Waals surface area (Å²) < 4.78 is 59.2. The van der Waals surface area contributed by atoms with Gasteiger partial charge in [0.2, 0.25) is 10.0 Å². The van der Waals surface area contributed by atoms with Crippen LogP contribution in [0.25, 0.3) is 6.08 Å². The number of hydrogen-bond donors (Lipinski definition) is 1. The molecule has 0 saturated carbocycles. The second kappa shape index (κ2) is 9.32. The van der Waals surface area contributed by atoms with Gasteiger partial charge in [0.1, 0.15) is 0 Å². The predicted molar refractivity (Wildman–Crippen MR) is 103 cm³/mol. The van der Waals surface area contributed by atoms with E-state index in [4.69, 9.17) is 4.74 Å². The number of carbonyl (C=O) groups excluding carboxylic acids is 1. The minimum absolute atomic E-state index is 0.0886. The molecule has 9 heteroatoms. The molecule has 0 radical (unpaired) electrons. The quantitative estimate of drug-likeness (QED) is 0.499. The van der Waals surface area contributed by atoms with E-state index >= 15 is 0 Å². The number of rotatable bonds is 9. The SMILES string of the molecule is CCOc1cc(/C=C/C(=O)c2ccc(NS(C)(=O)=O)cc2)ccc1OC(F)F. The molecule has 0 saturated heterocycles. The topological polar surface area (TPSA) is 81.7 Å². The Morgan fingerprint density at radius 2 is 1.82 bits per heavy atom. The number of allylic oxidation sites excluding steroid dienone is 1. The molecule has 0 aliphatic carbocycles. The summed E-state index contributed by atoms with van der Waals surface area (Å²) in [5, 5.41) is 0. The number of halogens is 2. The van der Waals surface area contributed by atoms with Crippen molar-refractivity contribution in [3.63, 3.8) is 0 Å². The van der Waals surface area contributed by atoms with E-state index in [1.165, 1.54) is 54.6 Å². The summed E-state index contributed by atoms with van der Waals surface area (Å²) >= 11 is 0. The summed E-state index contributed by atoms with van der Waals surface area (Å²) in [5.74, 6) is -0.250. The normalized spacial score (nSPS) is 11.6. The van der Waals surface area contributed by atoms with Crippen molar-refractivity contribution < 1.29 is 31.5 Å². The van der Waals surface area contributed by atoms with Gasteiger partial charge >= 0.3 is 6.61 Å². The third-order valence-electron chi connectivity index (χ3n) is 3.38. The summed E-state index contributed by atoms with van der Waals surface area (Å²) in [6, 6.07) is 10.3. The largest absolute Gasteiger partial charge is 0.490 e. The minimum Gasteiger partial charge on any atom is -0.490 e. The van der Waals surface area contributed by atoms with Gasteiger partial charge in [0.15, 0.2) is 17.3 Å². The first kappa shape index (κ1) is 21.4. The molecule has 0 unspecified atom stereocenters. The van der Waals surface area contributed by atoms with Crippen molar-refractivity contribution in [1.29, 1.82) is 0 Å². The predicted octanol–water partition coefficient (Wildman–Crippen LogP) is 3.95. The van der Waals surface area contributed by atoms with Crippen molar-refractivity contribution in [3.8, 4) is 11.5 Å². The average molecular weight is 411 g/mol. The molecule has 2 aromatic rings. The van der Waals surface area contributed by atoms with Crippen LogP contribution in [0, 0.1) is 0 Å². The van der Waals surface area contributed by atoms with E-state index in [0.717, 1.165) is 6.26 Å². The first-order valence-corrected chi connectivity index (χ1v) is 10.1. The maximum atomic E-state index is 12.4. The number of ether oxygens (including phenoxy) is 2. The minimum atomic E-state index is -3.39. The van der Waals surface area contributed by atoms with Crippen LogP contribution in [-0.4, -0.2) is 33.7 Å². The van der Waals surface area contributed by atoms with Crippen LogP contribution in [0.15, 0.2) is 48.5 Å². The summed E-state index contributed by atoms with van der Waals surface area (Å²) in [5.41, 5.74) is 1.27. The highest BCUT2D eigenvalue weighted by Crippen LogP contribution is 2.30. The van der Waals surface area contributed by atoms with Crippen LogP contribution in [0.2, 0.25) is 0 Å². The zero-order valence-electron chi connectivity index (χ0n) is 15.2. The van der Waals surface area contributed by atoms with Crippen molar-refractivity contribution in [2.75, 3.05) is 17.6 Å². The Balaban J connectivity index is 2.13. The van der Waals surface area contributed by atoms with E-state index in [1.807, 2.05) is 0 Å². The van der Waals surface area contributed by atoms with Crippen molar-refractivity contribution >= 4 is 27.6 Å². The maximum absolute atomic E-state index is 12.4. The molecular weight excluding hydrogens is 392 g/mol. The Hall–Kier alpha value is -2.94. The summed E-state index contributed by atoms with van der Waals surface area (Å²) in [6.45, 7) is -0.998. The van der Waals surface area contributed by atoms with E-state index in [0.29, 0.717) is 16.8 Å². The maximum Gasteiger partial charge on any atom is 0.387 e. The van der Waals surface area contributed by atoms with E-state index in [2.05, 4.69) is 9.46 Å². The first-order valence-electron chi connectivity index (χ1n) is 8.20. The highest BCUT2D eigenvalue weighted by Gasteiger charge is 2.11. The number of carbonyl (C=O) groups is 1. The van der Waals surface area contributed by atoms with Crippen LogP contribution in [-0.2, 0) is 10.0 Å². The number of alkyl halides is 2. The molecule has 0 aliphatic heterocycles. The Morgan fingerprint density at radius 3 is 2.39 bits per heavy atom. The average Bonchev–Trinajstić information content (AvgIpc) is 2.60. The van der Waals surface area contributed by atoms with Crippen LogP contribution in [0.4, 0.5) is 14.5 Å². The number of nitrogens with one attached hydrogen (secondary N) is 1. The number of anilines is 1. The summed E-state index contributed by atoms with van der Waals surface area (Å²) in [7, 11) is -3.39. The lowest BCUT2D eigenvalue weighted by Crippen LogP contribution is -2.09. The fourth-order valence-electron chi connectivity index (χ4n) is 2.27. The van der Waals surface area contributed by atoms with Crippen LogP contribution in [0.5, 0.6) is 11.5 Å².